The number of methoxy groups -OCH3 is 1. The molecule has 0 saturated carbocycles. The van der Waals surface area contributed by atoms with Gasteiger partial charge in [-0.05, 0) is 88.6 Å². The summed E-state index contributed by atoms with van der Waals surface area (Å²) in [6.45, 7) is 17.8. The summed E-state index contributed by atoms with van der Waals surface area (Å²) in [6.07, 6.45) is 0.132. The minimum absolute atomic E-state index is 0.132. The van der Waals surface area contributed by atoms with Crippen molar-refractivity contribution in [2.24, 2.45) is 0 Å². The summed E-state index contributed by atoms with van der Waals surface area (Å²) in [5.74, 6) is 3.16. The summed E-state index contributed by atoms with van der Waals surface area (Å²) in [4.78, 5) is 0. The Labute approximate surface area is 185 Å². The van der Waals surface area contributed by atoms with Crippen molar-refractivity contribution in [3.05, 3.63) is 44.5 Å². The molecule has 0 unspecified atom stereocenters. The van der Waals surface area contributed by atoms with Gasteiger partial charge in [0.25, 0.3) is 0 Å². The molecule has 0 amide bonds. The molecule has 0 radical (unpaired) electrons. The lowest BCUT2D eigenvalue weighted by atomic mass is 9.81. The van der Waals surface area contributed by atoms with Gasteiger partial charge in [0.15, 0.2) is 0 Å². The molecule has 0 spiro atoms. The van der Waals surface area contributed by atoms with E-state index in [-0.39, 0.29) is 6.10 Å². The van der Waals surface area contributed by atoms with Gasteiger partial charge in [-0.1, -0.05) is 53.7 Å². The van der Waals surface area contributed by atoms with Gasteiger partial charge in [-0.2, -0.15) is 0 Å². The average molecular weight is 494 g/mol. The maximum Gasteiger partial charge on any atom is 0.133 e. The van der Waals surface area contributed by atoms with E-state index in [0.717, 1.165) is 20.6 Å². The van der Waals surface area contributed by atoms with Crippen molar-refractivity contribution in [1.82, 2.24) is 0 Å². The van der Waals surface area contributed by atoms with Gasteiger partial charge >= 0.3 is 0 Å². The summed E-state index contributed by atoms with van der Waals surface area (Å²) in [5, 5.41) is 0. The van der Waals surface area contributed by atoms with Gasteiger partial charge in [0, 0.05) is 5.56 Å². The first-order valence-electron chi connectivity index (χ1n) is 10.3. The second-order valence-corrected chi connectivity index (χ2v) is 9.74. The van der Waals surface area contributed by atoms with E-state index in [9.17, 15) is 0 Å². The largest absolute Gasteiger partial charge is 0.496 e. The highest BCUT2D eigenvalue weighted by Crippen LogP contribution is 2.46. The van der Waals surface area contributed by atoms with Crippen LogP contribution in [0.5, 0.6) is 11.5 Å². The van der Waals surface area contributed by atoms with Gasteiger partial charge in [0.1, 0.15) is 11.5 Å². The Bertz CT molecular complexity index is 791. The fourth-order valence-electron chi connectivity index (χ4n) is 3.53. The number of hydrogen-bond acceptors (Lipinski definition) is 2. The monoisotopic (exact) mass is 494 g/mol. The predicted molar refractivity (Wildman–Crippen MR) is 129 cm³/mol. The average Bonchev–Trinajstić information content (AvgIpc) is 2.61. The normalized spacial score (nSPS) is 11.8. The molecular weight excluding hydrogens is 459 g/mol. The number of rotatable bonds is 7. The molecule has 0 bridgehead atoms. The predicted octanol–water partition coefficient (Wildman–Crippen LogP) is 8.12. The quantitative estimate of drug-likeness (QED) is 0.362. The molecule has 0 aliphatic heterocycles. The molecule has 154 valence electrons. The van der Waals surface area contributed by atoms with E-state index in [2.05, 4.69) is 90.1 Å². The van der Waals surface area contributed by atoms with Crippen molar-refractivity contribution in [2.75, 3.05) is 7.11 Å². The minimum atomic E-state index is 0.132. The Morgan fingerprint density at radius 1 is 0.714 bits per heavy atom. The Kier molecular flexibility index (Phi) is 7.83. The number of benzene rings is 2. The second-order valence-electron chi connectivity index (χ2n) is 8.66. The zero-order valence-electron chi connectivity index (χ0n) is 18.8. The van der Waals surface area contributed by atoms with Crippen LogP contribution in [0.4, 0.5) is 0 Å². The molecular formula is C25H35IO2. The summed E-state index contributed by atoms with van der Waals surface area (Å²) in [7, 11) is 1.75. The molecule has 28 heavy (non-hydrogen) atoms. The third kappa shape index (κ3) is 4.84. The second kappa shape index (κ2) is 9.51. The van der Waals surface area contributed by atoms with E-state index in [4.69, 9.17) is 9.47 Å². The van der Waals surface area contributed by atoms with E-state index >= 15 is 0 Å². The van der Waals surface area contributed by atoms with Crippen molar-refractivity contribution in [2.45, 2.75) is 79.2 Å². The first-order valence-corrected chi connectivity index (χ1v) is 11.4. The Balaban J connectivity index is 2.93. The van der Waals surface area contributed by atoms with Crippen molar-refractivity contribution >= 4 is 22.6 Å². The minimum Gasteiger partial charge on any atom is -0.496 e. The fourth-order valence-corrected chi connectivity index (χ4v) is 4.37. The third-order valence-corrected chi connectivity index (χ3v) is 6.10. The summed E-state index contributed by atoms with van der Waals surface area (Å²) >= 11 is 2.42. The zero-order valence-corrected chi connectivity index (χ0v) is 21.0. The lowest BCUT2D eigenvalue weighted by Gasteiger charge is -2.26. The SMILES string of the molecule is COc1ccc(OC(C)C)c(I)c1-c1c(C(C)C)cc(C(C)C)cc1C(C)C. The van der Waals surface area contributed by atoms with Crippen LogP contribution in [0, 0.1) is 3.57 Å². The van der Waals surface area contributed by atoms with E-state index in [1.807, 2.05) is 12.1 Å². The van der Waals surface area contributed by atoms with Crippen LogP contribution < -0.4 is 9.47 Å². The van der Waals surface area contributed by atoms with E-state index in [1.165, 1.54) is 22.3 Å². The molecule has 0 N–H and O–H groups in total. The van der Waals surface area contributed by atoms with E-state index in [0.29, 0.717) is 17.8 Å². The van der Waals surface area contributed by atoms with Crippen LogP contribution >= 0.6 is 22.6 Å². The van der Waals surface area contributed by atoms with Crippen molar-refractivity contribution < 1.29 is 9.47 Å². The van der Waals surface area contributed by atoms with E-state index < -0.39 is 0 Å². The third-order valence-electron chi connectivity index (χ3n) is 5.03. The van der Waals surface area contributed by atoms with Crippen LogP contribution in [0.25, 0.3) is 11.1 Å². The van der Waals surface area contributed by atoms with Crippen LogP contribution in [0.1, 0.15) is 89.8 Å². The standard InChI is InChI=1S/C25H35IO2/c1-14(2)18-12-19(15(3)4)23(20(13-18)16(5)6)24-21(27-9)10-11-22(25(24)26)28-17(7)8/h10-17H,1-9H3. The smallest absolute Gasteiger partial charge is 0.133 e. The molecule has 0 aliphatic carbocycles. The number of ether oxygens (including phenoxy) is 2. The Morgan fingerprint density at radius 2 is 1.21 bits per heavy atom. The molecule has 2 aromatic rings. The molecule has 0 atom stereocenters. The van der Waals surface area contributed by atoms with Crippen LogP contribution in [0.3, 0.4) is 0 Å². The van der Waals surface area contributed by atoms with Gasteiger partial charge in [-0.25, -0.2) is 0 Å². The highest BCUT2D eigenvalue weighted by molar-refractivity contribution is 14.1. The highest BCUT2D eigenvalue weighted by Gasteiger charge is 2.24. The molecule has 2 nitrogen and oxygen atoms in total. The molecule has 2 rings (SSSR count). The fraction of sp³-hybridized carbons (Fsp3) is 0.520. The Morgan fingerprint density at radius 3 is 1.61 bits per heavy atom. The Hall–Kier alpha value is -1.23. The van der Waals surface area contributed by atoms with Crippen LogP contribution in [0.15, 0.2) is 24.3 Å². The molecule has 3 heteroatoms. The van der Waals surface area contributed by atoms with E-state index in [1.54, 1.807) is 7.11 Å². The van der Waals surface area contributed by atoms with Gasteiger partial charge in [-0.3, -0.25) is 0 Å². The number of hydrogen-bond donors (Lipinski definition) is 0. The maximum atomic E-state index is 6.11. The maximum absolute atomic E-state index is 6.11. The lowest BCUT2D eigenvalue weighted by molar-refractivity contribution is 0.240. The lowest BCUT2D eigenvalue weighted by Crippen LogP contribution is -2.09. The summed E-state index contributed by atoms with van der Waals surface area (Å²) in [6, 6.07) is 8.85. The van der Waals surface area contributed by atoms with Crippen LogP contribution in [-0.4, -0.2) is 13.2 Å². The van der Waals surface area contributed by atoms with Gasteiger partial charge in [0.05, 0.1) is 16.8 Å². The molecule has 0 aliphatic rings. The molecule has 0 aromatic heterocycles. The summed E-state index contributed by atoms with van der Waals surface area (Å²) < 4.78 is 13.1. The highest BCUT2D eigenvalue weighted by atomic mass is 127. The first kappa shape index (κ1) is 23.1. The van der Waals surface area contributed by atoms with Gasteiger partial charge < -0.3 is 9.47 Å². The molecule has 0 saturated heterocycles. The van der Waals surface area contributed by atoms with Crippen molar-refractivity contribution in [1.29, 1.82) is 0 Å². The topological polar surface area (TPSA) is 18.5 Å². The van der Waals surface area contributed by atoms with Crippen molar-refractivity contribution in [3.8, 4) is 22.6 Å². The van der Waals surface area contributed by atoms with Crippen LogP contribution in [0.2, 0.25) is 0 Å². The summed E-state index contributed by atoms with van der Waals surface area (Å²) in [5.41, 5.74) is 6.63. The zero-order chi connectivity index (χ0) is 21.2. The first-order chi connectivity index (χ1) is 13.1. The molecule has 2 aromatic carbocycles. The molecule has 0 fully saturated rings. The van der Waals surface area contributed by atoms with Gasteiger partial charge in [0.2, 0.25) is 0 Å². The van der Waals surface area contributed by atoms with Crippen molar-refractivity contribution in [3.63, 3.8) is 0 Å². The van der Waals surface area contributed by atoms with Crippen LogP contribution in [-0.2, 0) is 0 Å². The molecule has 0 heterocycles. The number of halogens is 1. The van der Waals surface area contributed by atoms with Gasteiger partial charge in [-0.15, -0.1) is 0 Å².